The van der Waals surface area contributed by atoms with Crippen LogP contribution in [0.5, 0.6) is 0 Å². The second-order valence-electron chi connectivity index (χ2n) is 7.24. The number of carbonyl (C=O) groups excluding carboxylic acids is 2. The van der Waals surface area contributed by atoms with Crippen LogP contribution in [0, 0.1) is 0 Å². The van der Waals surface area contributed by atoms with E-state index in [0.29, 0.717) is 18.7 Å². The molecule has 2 aromatic rings. The summed E-state index contributed by atoms with van der Waals surface area (Å²) in [5.74, 6) is 0.0251. The van der Waals surface area contributed by atoms with Gasteiger partial charge in [-0.3, -0.25) is 4.79 Å². The third-order valence-electron chi connectivity index (χ3n) is 3.61. The monoisotopic (exact) mass is 433 g/mol. The van der Waals surface area contributed by atoms with E-state index in [1.165, 1.54) is 0 Å². The van der Waals surface area contributed by atoms with Crippen LogP contribution in [0.2, 0.25) is 0 Å². The van der Waals surface area contributed by atoms with Crippen LogP contribution in [-0.2, 0) is 20.7 Å². The third kappa shape index (κ3) is 7.09. The molecule has 1 N–H and O–H groups in total. The number of halogens is 1. The topological polar surface area (TPSA) is 81.2 Å². The van der Waals surface area contributed by atoms with Crippen molar-refractivity contribution in [2.45, 2.75) is 52.2 Å². The van der Waals surface area contributed by atoms with E-state index in [1.54, 1.807) is 40.1 Å². The van der Waals surface area contributed by atoms with Crippen molar-refractivity contribution in [3.8, 4) is 11.4 Å². The maximum absolute atomic E-state index is 12.1. The van der Waals surface area contributed by atoms with Gasteiger partial charge < -0.3 is 10.1 Å². The van der Waals surface area contributed by atoms with Gasteiger partial charge in [0.1, 0.15) is 11.6 Å². The normalized spacial score (nSPS) is 12.3. The summed E-state index contributed by atoms with van der Waals surface area (Å²) in [5, 5.41) is 2.68. The summed E-state index contributed by atoms with van der Waals surface area (Å²) in [6, 6.07) is 7.09. The van der Waals surface area contributed by atoms with Crippen molar-refractivity contribution in [3.05, 3.63) is 46.7 Å². The Hall–Kier alpha value is -2.28. The fraction of sp³-hybridized carbons (Fsp3) is 0.400. The molecule has 1 aromatic carbocycles. The Kier molecular flexibility index (Phi) is 7.07. The van der Waals surface area contributed by atoms with E-state index in [-0.39, 0.29) is 5.91 Å². The number of hydrogen-bond acceptors (Lipinski definition) is 5. The molecule has 0 aliphatic heterocycles. The van der Waals surface area contributed by atoms with Gasteiger partial charge in [-0.2, -0.15) is 0 Å². The first-order valence-electron chi connectivity index (χ1n) is 8.73. The van der Waals surface area contributed by atoms with Gasteiger partial charge in [0.25, 0.3) is 0 Å². The average Bonchev–Trinajstić information content (AvgIpc) is 2.59. The summed E-state index contributed by atoms with van der Waals surface area (Å²) in [7, 11) is 0. The number of nitrogens with one attached hydrogen (secondary N) is 1. The van der Waals surface area contributed by atoms with E-state index in [0.717, 1.165) is 15.6 Å². The van der Waals surface area contributed by atoms with E-state index in [1.807, 2.05) is 24.3 Å². The largest absolute Gasteiger partial charge is 0.458 e. The number of hydrogen-bond donors (Lipinski definition) is 1. The van der Waals surface area contributed by atoms with Gasteiger partial charge in [-0.1, -0.05) is 24.3 Å². The second-order valence-corrected chi connectivity index (χ2v) is 8.16. The smallest absolute Gasteiger partial charge is 0.328 e. The fourth-order valence-electron chi connectivity index (χ4n) is 2.30. The predicted molar refractivity (Wildman–Crippen MR) is 107 cm³/mol. The van der Waals surface area contributed by atoms with Crippen LogP contribution in [-0.4, -0.2) is 33.5 Å². The molecule has 1 heterocycles. The highest BCUT2D eigenvalue weighted by Gasteiger charge is 2.22. The van der Waals surface area contributed by atoms with Crippen LogP contribution in [0.25, 0.3) is 11.4 Å². The Morgan fingerprint density at radius 1 is 1.15 bits per heavy atom. The quantitative estimate of drug-likeness (QED) is 0.702. The summed E-state index contributed by atoms with van der Waals surface area (Å²) in [6.07, 6.45) is 4.27. The predicted octanol–water partition coefficient (Wildman–Crippen LogP) is 3.69. The molecule has 1 amide bonds. The minimum atomic E-state index is -0.673. The molecule has 144 valence electrons. The number of esters is 1. The van der Waals surface area contributed by atoms with Crippen molar-refractivity contribution < 1.29 is 14.3 Å². The van der Waals surface area contributed by atoms with Gasteiger partial charge in [-0.25, -0.2) is 14.8 Å². The van der Waals surface area contributed by atoms with E-state index < -0.39 is 17.6 Å². The first-order valence-corrected chi connectivity index (χ1v) is 9.52. The van der Waals surface area contributed by atoms with Crippen LogP contribution in [0.15, 0.2) is 41.1 Å². The first-order chi connectivity index (χ1) is 12.6. The van der Waals surface area contributed by atoms with Crippen molar-refractivity contribution in [3.63, 3.8) is 0 Å². The lowest BCUT2D eigenvalue weighted by Crippen LogP contribution is -2.42. The molecule has 0 radical (unpaired) electrons. The van der Waals surface area contributed by atoms with Gasteiger partial charge in [0.15, 0.2) is 5.82 Å². The molecule has 6 nitrogen and oxygen atoms in total. The number of aryl methyl sites for hydroxylation is 1. The second kappa shape index (κ2) is 9.08. The SMILES string of the molecule is C[C@@H](NC(=O)CCc1ccc(-c2ncc(Br)cn2)cc1)C(=O)OC(C)(C)C. The Bertz CT molecular complexity index is 784. The van der Waals surface area contributed by atoms with Crippen LogP contribution < -0.4 is 5.32 Å². The number of ether oxygens (including phenoxy) is 1. The van der Waals surface area contributed by atoms with E-state index in [4.69, 9.17) is 4.74 Å². The number of rotatable bonds is 6. The molecule has 0 unspecified atom stereocenters. The molecular weight excluding hydrogens is 410 g/mol. The Balaban J connectivity index is 1.84. The highest BCUT2D eigenvalue weighted by molar-refractivity contribution is 9.10. The van der Waals surface area contributed by atoms with Gasteiger partial charge in [-0.15, -0.1) is 0 Å². The minimum absolute atomic E-state index is 0.186. The number of amides is 1. The van der Waals surface area contributed by atoms with E-state index in [2.05, 4.69) is 31.2 Å². The van der Waals surface area contributed by atoms with Crippen molar-refractivity contribution >= 4 is 27.8 Å². The highest BCUT2D eigenvalue weighted by atomic mass is 79.9. The highest BCUT2D eigenvalue weighted by Crippen LogP contribution is 2.17. The van der Waals surface area contributed by atoms with Crippen molar-refractivity contribution in [2.75, 3.05) is 0 Å². The van der Waals surface area contributed by atoms with Crippen LogP contribution in [0.4, 0.5) is 0 Å². The zero-order valence-corrected chi connectivity index (χ0v) is 17.5. The molecule has 0 saturated carbocycles. The van der Waals surface area contributed by atoms with Crippen LogP contribution >= 0.6 is 15.9 Å². The Morgan fingerprint density at radius 2 is 1.74 bits per heavy atom. The molecule has 2 rings (SSSR count). The fourth-order valence-corrected chi connectivity index (χ4v) is 2.51. The number of nitrogens with zero attached hydrogens (tertiary/aromatic N) is 2. The van der Waals surface area contributed by atoms with E-state index >= 15 is 0 Å². The van der Waals surface area contributed by atoms with Gasteiger partial charge >= 0.3 is 5.97 Å². The molecule has 0 spiro atoms. The third-order valence-corrected chi connectivity index (χ3v) is 4.02. The summed E-state index contributed by atoms with van der Waals surface area (Å²) in [6.45, 7) is 7.01. The molecule has 0 aliphatic rings. The number of aromatic nitrogens is 2. The molecule has 27 heavy (non-hydrogen) atoms. The lowest BCUT2D eigenvalue weighted by Gasteiger charge is -2.22. The Labute approximate surface area is 167 Å². The molecule has 0 fully saturated rings. The van der Waals surface area contributed by atoms with Gasteiger partial charge in [0, 0.05) is 24.4 Å². The van der Waals surface area contributed by atoms with Crippen molar-refractivity contribution in [2.24, 2.45) is 0 Å². The molecule has 1 atom stereocenters. The standard InChI is InChI=1S/C20H24BrN3O3/c1-13(19(26)27-20(2,3)4)24-17(25)10-7-14-5-8-15(9-6-14)18-22-11-16(21)12-23-18/h5-6,8-9,11-13H,7,10H2,1-4H3,(H,24,25)/t13-/m1/s1. The number of carbonyl (C=O) groups is 2. The lowest BCUT2D eigenvalue weighted by molar-refractivity contribution is -0.158. The zero-order valence-electron chi connectivity index (χ0n) is 16.0. The van der Waals surface area contributed by atoms with Crippen molar-refractivity contribution in [1.82, 2.24) is 15.3 Å². The maximum atomic E-state index is 12.1. The van der Waals surface area contributed by atoms with Crippen LogP contribution in [0.1, 0.15) is 39.7 Å². The molecule has 0 aliphatic carbocycles. The summed E-state index contributed by atoms with van der Waals surface area (Å²) >= 11 is 3.31. The Morgan fingerprint density at radius 3 is 2.30 bits per heavy atom. The van der Waals surface area contributed by atoms with Crippen LogP contribution in [0.3, 0.4) is 0 Å². The molecule has 1 aromatic heterocycles. The zero-order chi connectivity index (χ0) is 20.0. The number of benzene rings is 1. The summed E-state index contributed by atoms with van der Waals surface area (Å²) in [4.78, 5) is 32.5. The molecule has 0 bridgehead atoms. The minimum Gasteiger partial charge on any atom is -0.458 e. The first kappa shape index (κ1) is 21.0. The maximum Gasteiger partial charge on any atom is 0.328 e. The molecular formula is C20H24BrN3O3. The molecule has 7 heteroatoms. The van der Waals surface area contributed by atoms with E-state index in [9.17, 15) is 9.59 Å². The molecule has 0 saturated heterocycles. The van der Waals surface area contributed by atoms with Gasteiger partial charge in [-0.05, 0) is 55.6 Å². The average molecular weight is 434 g/mol. The van der Waals surface area contributed by atoms with Gasteiger partial charge in [0.05, 0.1) is 4.47 Å². The summed E-state index contributed by atoms with van der Waals surface area (Å²) in [5.41, 5.74) is 1.36. The summed E-state index contributed by atoms with van der Waals surface area (Å²) < 4.78 is 6.09. The van der Waals surface area contributed by atoms with Gasteiger partial charge in [0.2, 0.25) is 5.91 Å². The lowest BCUT2D eigenvalue weighted by atomic mass is 10.1. The van der Waals surface area contributed by atoms with Crippen molar-refractivity contribution in [1.29, 1.82) is 0 Å².